The van der Waals surface area contributed by atoms with Crippen LogP contribution in [0.5, 0.6) is 0 Å². The van der Waals surface area contributed by atoms with Crippen LogP contribution in [0.25, 0.3) is 0 Å². The number of nitrogens with zero attached hydrogens (tertiary/aromatic N) is 1. The summed E-state index contributed by atoms with van der Waals surface area (Å²) in [7, 11) is 0. The summed E-state index contributed by atoms with van der Waals surface area (Å²) in [6, 6.07) is 10.1. The fourth-order valence-electron chi connectivity index (χ4n) is 2.36. The van der Waals surface area contributed by atoms with Crippen molar-refractivity contribution in [2.75, 3.05) is 6.54 Å². The average molecular weight is 304 g/mol. The molecule has 2 rings (SSSR count). The molecule has 2 N–H and O–H groups in total. The molecule has 2 heterocycles. The summed E-state index contributed by atoms with van der Waals surface area (Å²) in [5, 5.41) is 16.1. The van der Waals surface area contributed by atoms with Crippen LogP contribution in [0.3, 0.4) is 0 Å². The molecular formula is C17H24N2OS. The van der Waals surface area contributed by atoms with Crippen LogP contribution in [-0.2, 0) is 5.60 Å². The molecule has 0 aliphatic heterocycles. The summed E-state index contributed by atoms with van der Waals surface area (Å²) < 4.78 is 0. The molecule has 0 amide bonds. The molecule has 114 valence electrons. The van der Waals surface area contributed by atoms with Gasteiger partial charge in [0, 0.05) is 23.7 Å². The van der Waals surface area contributed by atoms with Gasteiger partial charge in [-0.2, -0.15) is 0 Å². The molecule has 0 fully saturated rings. The number of aliphatic hydroxyl groups is 1. The lowest BCUT2D eigenvalue weighted by atomic mass is 9.98. The third-order valence-electron chi connectivity index (χ3n) is 3.50. The van der Waals surface area contributed by atoms with Crippen molar-refractivity contribution in [1.29, 1.82) is 0 Å². The van der Waals surface area contributed by atoms with Gasteiger partial charge in [0.2, 0.25) is 0 Å². The summed E-state index contributed by atoms with van der Waals surface area (Å²) in [4.78, 5) is 5.44. The molecule has 2 atom stereocenters. The molecule has 4 heteroatoms. The molecular weight excluding hydrogens is 280 g/mol. The van der Waals surface area contributed by atoms with E-state index in [1.165, 1.54) is 0 Å². The van der Waals surface area contributed by atoms with E-state index in [0.717, 1.165) is 17.0 Å². The number of pyridine rings is 1. The minimum Gasteiger partial charge on any atom is -0.383 e. The second-order valence-corrected chi connectivity index (χ2v) is 7.02. The Balaban J connectivity index is 2.06. The third-order valence-corrected chi connectivity index (χ3v) is 4.62. The van der Waals surface area contributed by atoms with Gasteiger partial charge in [0.15, 0.2) is 0 Å². The number of hydrogen-bond acceptors (Lipinski definition) is 4. The molecule has 0 aromatic carbocycles. The minimum atomic E-state index is -0.849. The van der Waals surface area contributed by atoms with Crippen LogP contribution >= 0.6 is 11.3 Å². The topological polar surface area (TPSA) is 45.1 Å². The van der Waals surface area contributed by atoms with Crippen molar-refractivity contribution < 1.29 is 5.11 Å². The van der Waals surface area contributed by atoms with Crippen LogP contribution in [0.15, 0.2) is 41.9 Å². The van der Waals surface area contributed by atoms with Crippen LogP contribution in [0, 0.1) is 5.92 Å². The Morgan fingerprint density at radius 1 is 1.29 bits per heavy atom. The predicted octanol–water partition coefficient (Wildman–Crippen LogP) is 3.73. The Bertz CT molecular complexity index is 523. The van der Waals surface area contributed by atoms with Gasteiger partial charge in [-0.3, -0.25) is 4.98 Å². The van der Waals surface area contributed by atoms with Gasteiger partial charge in [-0.05, 0) is 42.8 Å². The lowest BCUT2D eigenvalue weighted by Gasteiger charge is -2.27. The maximum Gasteiger partial charge on any atom is 0.108 e. The molecule has 0 bridgehead atoms. The van der Waals surface area contributed by atoms with Crippen LogP contribution in [0.1, 0.15) is 43.8 Å². The van der Waals surface area contributed by atoms with Crippen LogP contribution in [0.4, 0.5) is 0 Å². The molecule has 3 nitrogen and oxygen atoms in total. The summed E-state index contributed by atoms with van der Waals surface area (Å²) >= 11 is 1.59. The molecule has 2 aromatic rings. The summed E-state index contributed by atoms with van der Waals surface area (Å²) in [5.74, 6) is 0.566. The van der Waals surface area contributed by atoms with Crippen LogP contribution < -0.4 is 5.32 Å². The zero-order valence-electron chi connectivity index (χ0n) is 12.9. The van der Waals surface area contributed by atoms with Crippen molar-refractivity contribution in [2.45, 2.75) is 38.8 Å². The van der Waals surface area contributed by atoms with Crippen molar-refractivity contribution in [2.24, 2.45) is 5.92 Å². The quantitative estimate of drug-likeness (QED) is 0.819. The largest absolute Gasteiger partial charge is 0.383 e. The highest BCUT2D eigenvalue weighted by atomic mass is 32.1. The third kappa shape index (κ3) is 4.63. The van der Waals surface area contributed by atoms with Crippen molar-refractivity contribution in [3.8, 4) is 0 Å². The molecule has 0 radical (unpaired) electrons. The first kappa shape index (κ1) is 16.1. The predicted molar refractivity (Wildman–Crippen MR) is 88.3 cm³/mol. The van der Waals surface area contributed by atoms with Crippen molar-refractivity contribution >= 4 is 11.3 Å². The van der Waals surface area contributed by atoms with Gasteiger partial charge in [-0.25, -0.2) is 0 Å². The Labute approximate surface area is 131 Å². The first-order valence-corrected chi connectivity index (χ1v) is 8.27. The standard InChI is InChI=1S/C17H24N2OS/c1-13(2)11-15(14-7-4-5-9-18-14)19-12-17(3,20)16-8-6-10-21-16/h4-10,13,15,19-20H,11-12H2,1-3H3/t15-,17+/m0/s1. The smallest absolute Gasteiger partial charge is 0.108 e. The average Bonchev–Trinajstić information content (AvgIpc) is 2.99. The second kappa shape index (κ2) is 7.16. The van der Waals surface area contributed by atoms with Crippen LogP contribution in [-0.4, -0.2) is 16.6 Å². The maximum absolute atomic E-state index is 10.6. The fraction of sp³-hybridized carbons (Fsp3) is 0.471. The molecule has 2 aromatic heterocycles. The van der Waals surface area contributed by atoms with E-state index in [9.17, 15) is 5.11 Å². The maximum atomic E-state index is 10.6. The lowest BCUT2D eigenvalue weighted by Crippen LogP contribution is -2.37. The summed E-state index contributed by atoms with van der Waals surface area (Å²) in [6.07, 6.45) is 2.82. The molecule has 0 spiro atoms. The number of nitrogens with one attached hydrogen (secondary N) is 1. The number of hydrogen-bond donors (Lipinski definition) is 2. The molecule has 21 heavy (non-hydrogen) atoms. The van der Waals surface area contributed by atoms with Crippen molar-refractivity contribution in [3.05, 3.63) is 52.5 Å². The highest BCUT2D eigenvalue weighted by Gasteiger charge is 2.26. The molecule has 0 unspecified atom stereocenters. The summed E-state index contributed by atoms with van der Waals surface area (Å²) in [5.41, 5.74) is 0.186. The highest BCUT2D eigenvalue weighted by molar-refractivity contribution is 7.10. The lowest BCUT2D eigenvalue weighted by molar-refractivity contribution is 0.0564. The number of rotatable bonds is 7. The van der Waals surface area contributed by atoms with Gasteiger partial charge < -0.3 is 10.4 Å². The zero-order chi connectivity index (χ0) is 15.3. The Hall–Kier alpha value is -1.23. The fourth-order valence-corrected chi connectivity index (χ4v) is 3.14. The van der Waals surface area contributed by atoms with Gasteiger partial charge in [-0.15, -0.1) is 11.3 Å². The second-order valence-electron chi connectivity index (χ2n) is 6.07. The molecule has 0 aliphatic rings. The normalized spacial score (nSPS) is 15.9. The monoisotopic (exact) mass is 304 g/mol. The Morgan fingerprint density at radius 2 is 2.10 bits per heavy atom. The van der Waals surface area contributed by atoms with E-state index in [4.69, 9.17) is 0 Å². The SMILES string of the molecule is CC(C)C[C@H](NC[C@@](C)(O)c1cccs1)c1ccccn1. The van der Waals surface area contributed by atoms with Crippen molar-refractivity contribution in [3.63, 3.8) is 0 Å². The van der Waals surface area contributed by atoms with Gasteiger partial charge in [0.25, 0.3) is 0 Å². The zero-order valence-corrected chi connectivity index (χ0v) is 13.7. The van der Waals surface area contributed by atoms with E-state index in [1.807, 2.05) is 48.8 Å². The van der Waals surface area contributed by atoms with Crippen LogP contribution in [0.2, 0.25) is 0 Å². The number of aromatic nitrogens is 1. The van der Waals surface area contributed by atoms with E-state index in [1.54, 1.807) is 11.3 Å². The first-order chi connectivity index (χ1) is 9.99. The van der Waals surface area contributed by atoms with Gasteiger partial charge >= 0.3 is 0 Å². The van der Waals surface area contributed by atoms with E-state index < -0.39 is 5.60 Å². The van der Waals surface area contributed by atoms with Gasteiger partial charge in [0.05, 0.1) is 5.69 Å². The highest BCUT2D eigenvalue weighted by Crippen LogP contribution is 2.26. The van der Waals surface area contributed by atoms with E-state index in [2.05, 4.69) is 24.1 Å². The molecule has 0 saturated heterocycles. The molecule has 0 aliphatic carbocycles. The van der Waals surface area contributed by atoms with Gasteiger partial charge in [-0.1, -0.05) is 26.0 Å². The number of thiophene rings is 1. The minimum absolute atomic E-state index is 0.164. The van der Waals surface area contributed by atoms with Crippen molar-refractivity contribution in [1.82, 2.24) is 10.3 Å². The Morgan fingerprint density at radius 3 is 2.67 bits per heavy atom. The van der Waals surface area contributed by atoms with E-state index in [-0.39, 0.29) is 6.04 Å². The van der Waals surface area contributed by atoms with E-state index >= 15 is 0 Å². The molecule has 0 saturated carbocycles. The summed E-state index contributed by atoms with van der Waals surface area (Å²) in [6.45, 7) is 6.78. The Kier molecular flexibility index (Phi) is 5.51. The van der Waals surface area contributed by atoms with Gasteiger partial charge in [0.1, 0.15) is 5.60 Å². The first-order valence-electron chi connectivity index (χ1n) is 7.39. The van der Waals surface area contributed by atoms with E-state index in [0.29, 0.717) is 12.5 Å².